The number of sulfonamides is 1. The van der Waals surface area contributed by atoms with Gasteiger partial charge in [-0.3, -0.25) is 4.72 Å². The van der Waals surface area contributed by atoms with Crippen LogP contribution in [0.25, 0.3) is 0 Å². The number of aromatic nitrogens is 1. The normalized spacial score (nSPS) is 17.9. The van der Waals surface area contributed by atoms with Crippen molar-refractivity contribution in [2.75, 3.05) is 22.7 Å². The number of nitrogens with one attached hydrogen (secondary N) is 1. The number of nitrogens with zero attached hydrogens (tertiary/aromatic N) is 2. The highest BCUT2D eigenvalue weighted by Gasteiger charge is 2.27. The van der Waals surface area contributed by atoms with Gasteiger partial charge in [-0.1, -0.05) is 26.0 Å². The van der Waals surface area contributed by atoms with Crippen molar-refractivity contribution in [1.29, 1.82) is 0 Å². The second-order valence-electron chi connectivity index (χ2n) is 6.57. The average Bonchev–Trinajstić information content (AvgIpc) is 3.03. The van der Waals surface area contributed by atoms with Crippen molar-refractivity contribution >= 4 is 32.7 Å². The molecular formula is C16H21N3O2S2. The van der Waals surface area contributed by atoms with Gasteiger partial charge in [0.25, 0.3) is 10.0 Å². The van der Waals surface area contributed by atoms with Crippen LogP contribution in [-0.2, 0) is 10.0 Å². The van der Waals surface area contributed by atoms with Crippen LogP contribution in [-0.4, -0.2) is 26.5 Å². The van der Waals surface area contributed by atoms with Crippen LogP contribution in [0.3, 0.4) is 0 Å². The highest BCUT2D eigenvalue weighted by molar-refractivity contribution is 7.94. The number of hydrogen-bond donors (Lipinski definition) is 1. The number of hydrogen-bond acceptors (Lipinski definition) is 5. The van der Waals surface area contributed by atoms with Crippen molar-refractivity contribution in [3.63, 3.8) is 0 Å². The lowest BCUT2D eigenvalue weighted by molar-refractivity contribution is 0.280. The van der Waals surface area contributed by atoms with E-state index < -0.39 is 10.0 Å². The Morgan fingerprint density at radius 3 is 2.57 bits per heavy atom. The van der Waals surface area contributed by atoms with Gasteiger partial charge in [0.05, 0.1) is 11.4 Å². The molecule has 3 rings (SSSR count). The predicted molar refractivity (Wildman–Crippen MR) is 94.6 cm³/mol. The molecule has 0 radical (unpaired) electrons. The van der Waals surface area contributed by atoms with Gasteiger partial charge in [0.1, 0.15) is 0 Å². The first-order valence-electron chi connectivity index (χ1n) is 7.64. The summed E-state index contributed by atoms with van der Waals surface area (Å²) in [5, 5.41) is 1.66. The lowest BCUT2D eigenvalue weighted by Crippen LogP contribution is -2.37. The fourth-order valence-corrected chi connectivity index (χ4v) is 4.63. The molecule has 0 bridgehead atoms. The van der Waals surface area contributed by atoms with Crippen LogP contribution in [0.5, 0.6) is 0 Å². The van der Waals surface area contributed by atoms with Crippen molar-refractivity contribution in [3.8, 4) is 0 Å². The first-order valence-corrected chi connectivity index (χ1v) is 10.00. The molecule has 1 N–H and O–H groups in total. The van der Waals surface area contributed by atoms with E-state index in [1.54, 1.807) is 11.4 Å². The number of piperidine rings is 1. The zero-order chi connectivity index (χ0) is 16.5. The summed E-state index contributed by atoms with van der Waals surface area (Å²) in [5.74, 6) is 0. The van der Waals surface area contributed by atoms with Gasteiger partial charge in [-0.25, -0.2) is 4.98 Å². The Kier molecular flexibility index (Phi) is 4.33. The molecule has 1 fully saturated rings. The van der Waals surface area contributed by atoms with Gasteiger partial charge in [0.2, 0.25) is 4.34 Å². The smallest absolute Gasteiger partial charge is 0.289 e. The third-order valence-corrected chi connectivity index (χ3v) is 6.81. The van der Waals surface area contributed by atoms with Crippen LogP contribution in [0.15, 0.2) is 40.2 Å². The summed E-state index contributed by atoms with van der Waals surface area (Å²) in [6.45, 7) is 6.43. The standard InChI is InChI=1S/C16H21N3O2S2/c1-16(2)7-10-19(11-8-16)14-6-4-3-5-13(14)18-23(20,21)15-17-9-12-22-15/h3-6,9,12,18H,7-8,10-11H2,1-2H3. The Morgan fingerprint density at radius 1 is 1.22 bits per heavy atom. The quantitative estimate of drug-likeness (QED) is 0.915. The fourth-order valence-electron chi connectivity index (χ4n) is 2.72. The molecule has 1 aromatic carbocycles. The van der Waals surface area contributed by atoms with E-state index in [1.807, 2.05) is 18.2 Å². The maximum Gasteiger partial charge on any atom is 0.289 e. The average molecular weight is 351 g/mol. The van der Waals surface area contributed by atoms with E-state index in [-0.39, 0.29) is 4.34 Å². The maximum absolute atomic E-state index is 12.4. The van der Waals surface area contributed by atoms with E-state index in [2.05, 4.69) is 28.5 Å². The summed E-state index contributed by atoms with van der Waals surface area (Å²) < 4.78 is 27.6. The van der Waals surface area contributed by atoms with Crippen molar-refractivity contribution in [1.82, 2.24) is 4.98 Å². The van der Waals surface area contributed by atoms with Gasteiger partial charge in [-0.2, -0.15) is 8.42 Å². The maximum atomic E-state index is 12.4. The molecule has 1 saturated heterocycles. The second-order valence-corrected chi connectivity index (χ2v) is 9.32. The topological polar surface area (TPSA) is 62.3 Å². The second kappa shape index (κ2) is 6.13. The molecule has 23 heavy (non-hydrogen) atoms. The molecule has 0 atom stereocenters. The van der Waals surface area contributed by atoms with Crippen molar-refractivity contribution < 1.29 is 8.42 Å². The third-order valence-electron chi connectivity index (χ3n) is 4.25. The molecule has 7 heteroatoms. The molecule has 5 nitrogen and oxygen atoms in total. The zero-order valence-electron chi connectivity index (χ0n) is 13.3. The molecule has 0 unspecified atom stereocenters. The van der Waals surface area contributed by atoms with E-state index in [4.69, 9.17) is 0 Å². The Hall–Kier alpha value is -1.60. The van der Waals surface area contributed by atoms with Crippen LogP contribution in [0.1, 0.15) is 26.7 Å². The molecule has 1 aromatic heterocycles. The summed E-state index contributed by atoms with van der Waals surface area (Å²) in [6, 6.07) is 7.56. The minimum Gasteiger partial charge on any atom is -0.370 e. The van der Waals surface area contributed by atoms with Crippen molar-refractivity contribution in [3.05, 3.63) is 35.8 Å². The molecule has 2 heterocycles. The van der Waals surface area contributed by atoms with Crippen LogP contribution in [0.4, 0.5) is 11.4 Å². The Bertz CT molecular complexity index is 760. The number of para-hydroxylation sites is 2. The highest BCUT2D eigenvalue weighted by Crippen LogP contribution is 2.35. The summed E-state index contributed by atoms with van der Waals surface area (Å²) >= 11 is 1.12. The van der Waals surface area contributed by atoms with E-state index in [0.717, 1.165) is 43.0 Å². The largest absolute Gasteiger partial charge is 0.370 e. The third kappa shape index (κ3) is 3.67. The first kappa shape index (κ1) is 16.3. The lowest BCUT2D eigenvalue weighted by atomic mass is 9.82. The molecule has 1 aliphatic rings. The van der Waals surface area contributed by atoms with E-state index in [0.29, 0.717) is 11.1 Å². The highest BCUT2D eigenvalue weighted by atomic mass is 32.2. The van der Waals surface area contributed by atoms with Crippen LogP contribution in [0, 0.1) is 5.41 Å². The molecule has 1 aliphatic heterocycles. The predicted octanol–water partition coefficient (Wildman–Crippen LogP) is 3.57. The Morgan fingerprint density at radius 2 is 1.91 bits per heavy atom. The molecule has 2 aromatic rings. The number of anilines is 2. The molecule has 0 amide bonds. The fraction of sp³-hybridized carbons (Fsp3) is 0.438. The molecule has 0 spiro atoms. The Labute approximate surface area is 141 Å². The van der Waals surface area contributed by atoms with Gasteiger partial charge < -0.3 is 4.90 Å². The van der Waals surface area contributed by atoms with Crippen LogP contribution >= 0.6 is 11.3 Å². The summed E-state index contributed by atoms with van der Waals surface area (Å²) in [6.07, 6.45) is 3.69. The van der Waals surface area contributed by atoms with Crippen LogP contribution in [0.2, 0.25) is 0 Å². The molecule has 0 aliphatic carbocycles. The van der Waals surface area contributed by atoms with Gasteiger partial charge in [0, 0.05) is 24.7 Å². The van der Waals surface area contributed by atoms with Crippen molar-refractivity contribution in [2.24, 2.45) is 5.41 Å². The first-order chi connectivity index (χ1) is 10.9. The lowest BCUT2D eigenvalue weighted by Gasteiger charge is -2.38. The monoisotopic (exact) mass is 351 g/mol. The molecular weight excluding hydrogens is 330 g/mol. The van der Waals surface area contributed by atoms with E-state index in [1.165, 1.54) is 6.20 Å². The number of benzene rings is 1. The van der Waals surface area contributed by atoms with Gasteiger partial charge in [-0.15, -0.1) is 11.3 Å². The van der Waals surface area contributed by atoms with Gasteiger partial charge in [-0.05, 0) is 30.4 Å². The minimum atomic E-state index is -3.62. The number of thiazole rings is 1. The SMILES string of the molecule is CC1(C)CCN(c2ccccc2NS(=O)(=O)c2nccs2)CC1. The molecule has 124 valence electrons. The van der Waals surface area contributed by atoms with Gasteiger partial charge in [0.15, 0.2) is 0 Å². The van der Waals surface area contributed by atoms with Crippen molar-refractivity contribution in [2.45, 2.75) is 31.0 Å². The summed E-state index contributed by atoms with van der Waals surface area (Å²) in [7, 11) is -3.62. The van der Waals surface area contributed by atoms with E-state index >= 15 is 0 Å². The summed E-state index contributed by atoms with van der Waals surface area (Å²) in [4.78, 5) is 6.15. The zero-order valence-corrected chi connectivity index (χ0v) is 15.0. The van der Waals surface area contributed by atoms with Gasteiger partial charge >= 0.3 is 0 Å². The minimum absolute atomic E-state index is 0.0899. The number of rotatable bonds is 4. The van der Waals surface area contributed by atoms with E-state index in [9.17, 15) is 8.42 Å². The van der Waals surface area contributed by atoms with Crippen LogP contribution < -0.4 is 9.62 Å². The summed E-state index contributed by atoms with van der Waals surface area (Å²) in [5.41, 5.74) is 1.90. The Balaban J connectivity index is 1.85. The molecule has 0 saturated carbocycles.